The second kappa shape index (κ2) is 6.14. The van der Waals surface area contributed by atoms with Crippen LogP contribution in [-0.2, 0) is 9.59 Å². The first-order valence-corrected chi connectivity index (χ1v) is 8.82. The maximum Gasteiger partial charge on any atom is 0.309 e. The van der Waals surface area contributed by atoms with E-state index in [0.717, 1.165) is 6.07 Å². The molecule has 8 heteroatoms. The van der Waals surface area contributed by atoms with Crippen molar-refractivity contribution in [1.29, 1.82) is 0 Å². The number of pyridine rings is 1. The summed E-state index contributed by atoms with van der Waals surface area (Å²) in [5.74, 6) is -3.24. The summed E-state index contributed by atoms with van der Waals surface area (Å²) < 4.78 is 27.8. The number of halogens is 2. The number of rotatable bonds is 2. The van der Waals surface area contributed by atoms with E-state index in [2.05, 4.69) is 4.98 Å². The number of hydrogen-bond acceptors (Lipinski definition) is 4. The van der Waals surface area contributed by atoms with Crippen LogP contribution in [-0.4, -0.2) is 52.5 Å². The van der Waals surface area contributed by atoms with Crippen LogP contribution < -0.4 is 4.90 Å². The number of carboxylic acids is 1. The van der Waals surface area contributed by atoms with Gasteiger partial charge < -0.3 is 14.9 Å². The number of piperidine rings is 1. The number of nitrogens with zero attached hydrogens (tertiary/aromatic N) is 3. The summed E-state index contributed by atoms with van der Waals surface area (Å²) >= 11 is 0. The van der Waals surface area contributed by atoms with Crippen LogP contribution in [0.25, 0.3) is 10.9 Å². The number of carbonyl (C=O) groups is 2. The number of anilines is 1. The molecule has 2 aliphatic rings. The summed E-state index contributed by atoms with van der Waals surface area (Å²) in [6.07, 6.45) is 2.45. The Labute approximate surface area is 154 Å². The van der Waals surface area contributed by atoms with Crippen molar-refractivity contribution in [2.45, 2.75) is 24.8 Å². The summed E-state index contributed by atoms with van der Waals surface area (Å²) in [6.45, 7) is 0.970. The third-order valence-corrected chi connectivity index (χ3v) is 6.08. The van der Waals surface area contributed by atoms with Gasteiger partial charge in [-0.1, -0.05) is 0 Å². The molecule has 2 aliphatic heterocycles. The lowest BCUT2D eigenvalue weighted by molar-refractivity contribution is -0.145. The van der Waals surface area contributed by atoms with E-state index in [1.165, 1.54) is 12.3 Å². The second-order valence-electron chi connectivity index (χ2n) is 7.25. The monoisotopic (exact) mass is 375 g/mol. The van der Waals surface area contributed by atoms with Gasteiger partial charge in [0.2, 0.25) is 5.91 Å². The van der Waals surface area contributed by atoms with Crippen LogP contribution in [0.15, 0.2) is 24.4 Å². The van der Waals surface area contributed by atoms with E-state index in [1.54, 1.807) is 18.0 Å². The topological polar surface area (TPSA) is 73.7 Å². The van der Waals surface area contributed by atoms with Crippen LogP contribution in [0, 0.1) is 17.6 Å². The molecule has 3 heterocycles. The van der Waals surface area contributed by atoms with Gasteiger partial charge in [-0.15, -0.1) is 0 Å². The highest BCUT2D eigenvalue weighted by molar-refractivity contribution is 5.92. The third kappa shape index (κ3) is 2.62. The first-order valence-electron chi connectivity index (χ1n) is 8.82. The standard InChI is InChI=1S/C19H19F2N3O3/c1-23-16(25)10-13(18(26)27)19(23)3-6-24(7-4-19)15-2-5-22-17-12(15)8-11(20)9-14(17)21/h2,5,8-9,13H,3-4,6-7,10H2,1H3,(H,26,27)/t13-/m1/s1. The van der Waals surface area contributed by atoms with Gasteiger partial charge in [-0.3, -0.25) is 14.6 Å². The number of carboxylic acid groups (broad SMARTS) is 1. The Bertz CT molecular complexity index is 941. The van der Waals surface area contributed by atoms with Gasteiger partial charge in [0.1, 0.15) is 11.3 Å². The molecule has 0 aliphatic carbocycles. The molecule has 0 radical (unpaired) electrons. The van der Waals surface area contributed by atoms with E-state index in [4.69, 9.17) is 0 Å². The van der Waals surface area contributed by atoms with Crippen LogP contribution in [0.2, 0.25) is 0 Å². The molecule has 0 saturated carbocycles. The molecule has 2 saturated heterocycles. The molecule has 1 atom stereocenters. The predicted octanol–water partition coefficient (Wildman–Crippen LogP) is 2.41. The highest BCUT2D eigenvalue weighted by Crippen LogP contribution is 2.44. The molecule has 142 valence electrons. The van der Waals surface area contributed by atoms with E-state index in [9.17, 15) is 23.5 Å². The van der Waals surface area contributed by atoms with Gasteiger partial charge in [0.15, 0.2) is 5.82 Å². The molecule has 0 bridgehead atoms. The van der Waals surface area contributed by atoms with Crippen molar-refractivity contribution in [3.63, 3.8) is 0 Å². The zero-order valence-electron chi connectivity index (χ0n) is 14.8. The van der Waals surface area contributed by atoms with Gasteiger partial charge in [-0.25, -0.2) is 8.78 Å². The number of likely N-dealkylation sites (tertiary alicyclic amines) is 1. The Morgan fingerprint density at radius 2 is 2.00 bits per heavy atom. The van der Waals surface area contributed by atoms with Gasteiger partial charge in [-0.2, -0.15) is 0 Å². The maximum atomic E-state index is 14.0. The quantitative estimate of drug-likeness (QED) is 0.873. The number of amides is 1. The molecule has 1 aromatic heterocycles. The highest BCUT2D eigenvalue weighted by Gasteiger charge is 2.55. The van der Waals surface area contributed by atoms with E-state index in [1.807, 2.05) is 4.90 Å². The number of carbonyl (C=O) groups excluding carboxylic acids is 1. The van der Waals surface area contributed by atoms with Crippen molar-refractivity contribution in [2.24, 2.45) is 5.92 Å². The summed E-state index contributed by atoms with van der Waals surface area (Å²) in [6, 6.07) is 3.77. The average molecular weight is 375 g/mol. The van der Waals surface area contributed by atoms with Gasteiger partial charge in [0, 0.05) is 49.9 Å². The summed E-state index contributed by atoms with van der Waals surface area (Å²) in [5.41, 5.74) is 0.0523. The van der Waals surface area contributed by atoms with E-state index < -0.39 is 29.1 Å². The molecule has 1 amide bonds. The minimum absolute atomic E-state index is 0.0143. The molecular formula is C19H19F2N3O3. The molecule has 1 spiro atoms. The lowest BCUT2D eigenvalue weighted by atomic mass is 9.77. The Hall–Kier alpha value is -2.77. The normalized spacial score (nSPS) is 22.0. The van der Waals surface area contributed by atoms with Crippen molar-refractivity contribution < 1.29 is 23.5 Å². The van der Waals surface area contributed by atoms with E-state index in [-0.39, 0.29) is 17.8 Å². The van der Waals surface area contributed by atoms with Crippen LogP contribution in [0.5, 0.6) is 0 Å². The van der Waals surface area contributed by atoms with Crippen molar-refractivity contribution in [1.82, 2.24) is 9.88 Å². The Morgan fingerprint density at radius 3 is 2.67 bits per heavy atom. The number of benzene rings is 1. The molecule has 0 unspecified atom stereocenters. The largest absolute Gasteiger partial charge is 0.481 e. The highest BCUT2D eigenvalue weighted by atomic mass is 19.1. The molecule has 1 aromatic carbocycles. The van der Waals surface area contributed by atoms with Gasteiger partial charge in [0.25, 0.3) is 0 Å². The van der Waals surface area contributed by atoms with Crippen molar-refractivity contribution in [3.8, 4) is 0 Å². The Balaban J connectivity index is 1.66. The minimum atomic E-state index is -0.959. The lowest BCUT2D eigenvalue weighted by Crippen LogP contribution is -2.56. The fraction of sp³-hybridized carbons (Fsp3) is 0.421. The minimum Gasteiger partial charge on any atom is -0.481 e. The van der Waals surface area contributed by atoms with Crippen molar-refractivity contribution >= 4 is 28.5 Å². The Kier molecular flexibility index (Phi) is 4.01. The molecule has 4 rings (SSSR count). The average Bonchev–Trinajstić information content (AvgIpc) is 2.87. The number of aromatic nitrogens is 1. The second-order valence-corrected chi connectivity index (χ2v) is 7.25. The number of fused-ring (bicyclic) bond motifs is 1. The fourth-order valence-electron chi connectivity index (χ4n) is 4.56. The summed E-state index contributed by atoms with van der Waals surface area (Å²) in [4.78, 5) is 31.4. The summed E-state index contributed by atoms with van der Waals surface area (Å²) in [7, 11) is 1.66. The molecular weight excluding hydrogens is 356 g/mol. The summed E-state index contributed by atoms with van der Waals surface area (Å²) in [5, 5.41) is 9.95. The molecule has 1 N–H and O–H groups in total. The van der Waals surface area contributed by atoms with E-state index in [0.29, 0.717) is 37.0 Å². The SMILES string of the molecule is CN1C(=O)C[C@H](C(=O)O)C12CCN(c1ccnc3c(F)cc(F)cc13)CC2. The van der Waals surface area contributed by atoms with Gasteiger partial charge >= 0.3 is 5.97 Å². The molecule has 2 fully saturated rings. The molecule has 27 heavy (non-hydrogen) atoms. The zero-order chi connectivity index (χ0) is 19.3. The fourth-order valence-corrected chi connectivity index (χ4v) is 4.56. The molecule has 6 nitrogen and oxygen atoms in total. The zero-order valence-corrected chi connectivity index (χ0v) is 14.8. The molecule has 2 aromatic rings. The maximum absolute atomic E-state index is 14.0. The van der Waals surface area contributed by atoms with Crippen LogP contribution >= 0.6 is 0 Å². The predicted molar refractivity (Wildman–Crippen MR) is 94.3 cm³/mol. The smallest absolute Gasteiger partial charge is 0.309 e. The van der Waals surface area contributed by atoms with Crippen LogP contribution in [0.1, 0.15) is 19.3 Å². The van der Waals surface area contributed by atoms with Crippen molar-refractivity contribution in [3.05, 3.63) is 36.0 Å². The van der Waals surface area contributed by atoms with Crippen molar-refractivity contribution in [2.75, 3.05) is 25.0 Å². The van der Waals surface area contributed by atoms with Gasteiger partial charge in [-0.05, 0) is 25.0 Å². The van der Waals surface area contributed by atoms with Crippen LogP contribution in [0.3, 0.4) is 0 Å². The first kappa shape index (κ1) is 17.6. The Morgan fingerprint density at radius 1 is 1.30 bits per heavy atom. The third-order valence-electron chi connectivity index (χ3n) is 6.08. The number of hydrogen-bond donors (Lipinski definition) is 1. The van der Waals surface area contributed by atoms with Gasteiger partial charge in [0.05, 0.1) is 11.5 Å². The van der Waals surface area contributed by atoms with Crippen LogP contribution in [0.4, 0.5) is 14.5 Å². The van der Waals surface area contributed by atoms with E-state index >= 15 is 0 Å². The number of aliphatic carboxylic acids is 1. The first-order chi connectivity index (χ1) is 12.8. The lowest BCUT2D eigenvalue weighted by Gasteiger charge is -2.46.